The van der Waals surface area contributed by atoms with Crippen LogP contribution in [0.2, 0.25) is 0 Å². The van der Waals surface area contributed by atoms with Gasteiger partial charge in [0.05, 0.1) is 7.11 Å². The number of ether oxygens (including phenoxy) is 2. The van der Waals surface area contributed by atoms with E-state index in [-0.39, 0.29) is 5.91 Å². The number of methoxy groups -OCH3 is 1. The van der Waals surface area contributed by atoms with Crippen LogP contribution in [0.3, 0.4) is 0 Å². The molecule has 1 atom stereocenters. The topological polar surface area (TPSA) is 93.7 Å². The number of benzene rings is 1. The van der Waals surface area contributed by atoms with Crippen molar-refractivity contribution in [3.63, 3.8) is 0 Å². The lowest BCUT2D eigenvalue weighted by molar-refractivity contribution is -0.146. The second-order valence-corrected chi connectivity index (χ2v) is 8.51. The lowest BCUT2D eigenvalue weighted by Crippen LogP contribution is -2.62. The molecule has 1 aromatic carbocycles. The highest BCUT2D eigenvalue weighted by molar-refractivity contribution is 5.93. The van der Waals surface area contributed by atoms with Crippen molar-refractivity contribution in [1.82, 2.24) is 10.6 Å². The van der Waals surface area contributed by atoms with Crippen LogP contribution in [0, 0.1) is 0 Å². The van der Waals surface area contributed by atoms with Crippen molar-refractivity contribution in [1.29, 1.82) is 0 Å². The lowest BCUT2D eigenvalue weighted by atomic mass is 9.80. The molecule has 7 heteroatoms. The van der Waals surface area contributed by atoms with Crippen LogP contribution >= 0.6 is 0 Å². The second kappa shape index (κ2) is 9.76. The largest absolute Gasteiger partial charge is 0.467 e. The van der Waals surface area contributed by atoms with Crippen molar-refractivity contribution < 1.29 is 23.9 Å². The van der Waals surface area contributed by atoms with Gasteiger partial charge in [0, 0.05) is 6.42 Å². The molecule has 0 aromatic heterocycles. The van der Waals surface area contributed by atoms with Crippen LogP contribution in [0.5, 0.6) is 0 Å². The molecule has 1 aromatic rings. The van der Waals surface area contributed by atoms with Gasteiger partial charge in [-0.25, -0.2) is 9.59 Å². The zero-order chi connectivity index (χ0) is 21.5. The minimum atomic E-state index is -1.09. The Labute approximate surface area is 172 Å². The maximum Gasteiger partial charge on any atom is 0.408 e. The SMILES string of the molecule is COC(=O)[C@@H](Cc1ccccc1)NC(=O)C1(NC(=O)OC(C)(C)C)CCCCC1. The second-order valence-electron chi connectivity index (χ2n) is 8.51. The van der Waals surface area contributed by atoms with Gasteiger partial charge in [-0.2, -0.15) is 0 Å². The molecule has 160 valence electrons. The quantitative estimate of drug-likeness (QED) is 0.711. The summed E-state index contributed by atoms with van der Waals surface area (Å²) in [7, 11) is 1.29. The molecule has 7 nitrogen and oxygen atoms in total. The van der Waals surface area contributed by atoms with Crippen LogP contribution in [-0.4, -0.2) is 42.3 Å². The van der Waals surface area contributed by atoms with E-state index < -0.39 is 29.2 Å². The Morgan fingerprint density at radius 2 is 1.69 bits per heavy atom. The van der Waals surface area contributed by atoms with Crippen molar-refractivity contribution in [2.24, 2.45) is 0 Å². The Balaban J connectivity index is 2.17. The van der Waals surface area contributed by atoms with Crippen LogP contribution in [0.25, 0.3) is 0 Å². The summed E-state index contributed by atoms with van der Waals surface area (Å²) in [4.78, 5) is 38.0. The fourth-order valence-corrected chi connectivity index (χ4v) is 3.54. The minimum Gasteiger partial charge on any atom is -0.467 e. The summed E-state index contributed by atoms with van der Waals surface area (Å²) in [6.07, 6.45) is 3.29. The van der Waals surface area contributed by atoms with Crippen LogP contribution in [0.4, 0.5) is 4.79 Å². The van der Waals surface area contributed by atoms with Crippen LogP contribution in [0.1, 0.15) is 58.4 Å². The summed E-state index contributed by atoms with van der Waals surface area (Å²) in [6, 6.07) is 8.57. The average molecular weight is 405 g/mol. The maximum absolute atomic E-state index is 13.3. The molecule has 0 unspecified atom stereocenters. The zero-order valence-corrected chi connectivity index (χ0v) is 17.7. The number of rotatable bonds is 6. The van der Waals surface area contributed by atoms with Gasteiger partial charge >= 0.3 is 12.1 Å². The Kier molecular flexibility index (Phi) is 7.65. The summed E-state index contributed by atoms with van der Waals surface area (Å²) in [6.45, 7) is 5.31. The summed E-state index contributed by atoms with van der Waals surface area (Å²) >= 11 is 0. The summed E-state index contributed by atoms with van der Waals surface area (Å²) in [5.41, 5.74) is -0.858. The van der Waals surface area contributed by atoms with Crippen LogP contribution in [-0.2, 0) is 25.5 Å². The molecular weight excluding hydrogens is 372 g/mol. The molecule has 1 aliphatic rings. The van der Waals surface area contributed by atoms with Crippen molar-refractivity contribution in [3.8, 4) is 0 Å². The molecule has 1 fully saturated rings. The molecular formula is C22H32N2O5. The summed E-state index contributed by atoms with van der Waals surface area (Å²) in [5, 5.41) is 5.60. The van der Waals surface area contributed by atoms with E-state index in [1.165, 1.54) is 7.11 Å². The standard InChI is InChI=1S/C22H32N2O5/c1-21(2,3)29-20(27)24-22(13-9-6-10-14-22)19(26)23-17(18(25)28-4)15-16-11-7-5-8-12-16/h5,7-8,11-12,17H,6,9-10,13-15H2,1-4H3,(H,23,26)(H,24,27)/t17-/m1/s1. The smallest absolute Gasteiger partial charge is 0.408 e. The molecule has 2 amide bonds. The van der Waals surface area contributed by atoms with Gasteiger partial charge in [0.15, 0.2) is 0 Å². The van der Waals surface area contributed by atoms with E-state index in [9.17, 15) is 14.4 Å². The van der Waals surface area contributed by atoms with Crippen molar-refractivity contribution in [3.05, 3.63) is 35.9 Å². The minimum absolute atomic E-state index is 0.307. The van der Waals surface area contributed by atoms with Gasteiger partial charge in [0.1, 0.15) is 17.2 Å². The summed E-state index contributed by atoms with van der Waals surface area (Å²) < 4.78 is 10.3. The highest BCUT2D eigenvalue weighted by Gasteiger charge is 2.43. The molecule has 0 heterocycles. The Morgan fingerprint density at radius 1 is 1.07 bits per heavy atom. The van der Waals surface area contributed by atoms with E-state index >= 15 is 0 Å². The summed E-state index contributed by atoms with van der Waals surface area (Å²) in [5.74, 6) is -0.903. The number of nitrogens with one attached hydrogen (secondary N) is 2. The lowest BCUT2D eigenvalue weighted by Gasteiger charge is -2.37. The van der Waals surface area contributed by atoms with Gasteiger partial charge < -0.3 is 20.1 Å². The third-order valence-corrected chi connectivity index (χ3v) is 4.96. The number of carbonyl (C=O) groups is 3. The molecule has 29 heavy (non-hydrogen) atoms. The van der Waals surface area contributed by atoms with Gasteiger partial charge in [0.25, 0.3) is 0 Å². The molecule has 2 N–H and O–H groups in total. The maximum atomic E-state index is 13.3. The van der Waals surface area contributed by atoms with Crippen molar-refractivity contribution in [2.45, 2.75) is 76.5 Å². The number of carbonyl (C=O) groups excluding carboxylic acids is 3. The Bertz CT molecular complexity index is 706. The number of alkyl carbamates (subject to hydrolysis) is 1. The fourth-order valence-electron chi connectivity index (χ4n) is 3.54. The number of esters is 1. The van der Waals surface area contributed by atoms with Gasteiger partial charge in [-0.15, -0.1) is 0 Å². The third-order valence-electron chi connectivity index (χ3n) is 4.96. The van der Waals surface area contributed by atoms with Gasteiger partial charge in [-0.1, -0.05) is 49.6 Å². The molecule has 0 bridgehead atoms. The zero-order valence-electron chi connectivity index (χ0n) is 17.7. The van der Waals surface area contributed by atoms with E-state index in [1.807, 2.05) is 30.3 Å². The van der Waals surface area contributed by atoms with Crippen LogP contribution < -0.4 is 10.6 Å². The highest BCUT2D eigenvalue weighted by Crippen LogP contribution is 2.29. The van der Waals surface area contributed by atoms with E-state index in [2.05, 4.69) is 10.6 Å². The van der Waals surface area contributed by atoms with E-state index in [0.717, 1.165) is 24.8 Å². The monoisotopic (exact) mass is 404 g/mol. The molecule has 1 saturated carbocycles. The molecule has 1 aliphatic carbocycles. The molecule has 0 radical (unpaired) electrons. The van der Waals surface area contributed by atoms with E-state index in [0.29, 0.717) is 19.3 Å². The molecule has 0 aliphatic heterocycles. The van der Waals surface area contributed by atoms with Crippen molar-refractivity contribution in [2.75, 3.05) is 7.11 Å². The Morgan fingerprint density at radius 3 is 2.24 bits per heavy atom. The predicted octanol–water partition coefficient (Wildman–Crippen LogP) is 3.11. The molecule has 0 spiro atoms. The van der Waals surface area contributed by atoms with E-state index in [4.69, 9.17) is 9.47 Å². The predicted molar refractivity (Wildman–Crippen MR) is 109 cm³/mol. The first kappa shape index (κ1) is 22.7. The van der Waals surface area contributed by atoms with Crippen molar-refractivity contribution >= 4 is 18.0 Å². The van der Waals surface area contributed by atoms with E-state index in [1.54, 1.807) is 20.8 Å². The molecule has 0 saturated heterocycles. The fraction of sp³-hybridized carbons (Fsp3) is 0.591. The van der Waals surface area contributed by atoms with Gasteiger partial charge in [0.2, 0.25) is 5.91 Å². The first-order valence-corrected chi connectivity index (χ1v) is 10.1. The van der Waals surface area contributed by atoms with Gasteiger partial charge in [-0.05, 0) is 39.2 Å². The third kappa shape index (κ3) is 6.76. The Hall–Kier alpha value is -2.57. The number of hydrogen-bond acceptors (Lipinski definition) is 5. The molecule has 2 rings (SSSR count). The number of amides is 2. The first-order valence-electron chi connectivity index (χ1n) is 10.1. The normalized spacial score (nSPS) is 17.0. The van der Waals surface area contributed by atoms with Gasteiger partial charge in [-0.3, -0.25) is 4.79 Å². The average Bonchev–Trinajstić information content (AvgIpc) is 2.66. The van der Waals surface area contributed by atoms with Crippen LogP contribution in [0.15, 0.2) is 30.3 Å². The highest BCUT2D eigenvalue weighted by atomic mass is 16.6. The first-order chi connectivity index (χ1) is 13.6. The number of hydrogen-bond donors (Lipinski definition) is 2.